The second-order valence-electron chi connectivity index (χ2n) is 8.37. The van der Waals surface area contributed by atoms with Gasteiger partial charge >= 0.3 is 0 Å². The van der Waals surface area contributed by atoms with Crippen molar-refractivity contribution in [3.8, 4) is 0 Å². The molecule has 2 N–H and O–H groups in total. The quantitative estimate of drug-likeness (QED) is 0.324. The number of amides is 1. The van der Waals surface area contributed by atoms with E-state index in [2.05, 4.69) is 32.3 Å². The summed E-state index contributed by atoms with van der Waals surface area (Å²) in [5, 5.41) is 6.97. The van der Waals surface area contributed by atoms with E-state index in [0.717, 1.165) is 77.7 Å². The van der Waals surface area contributed by atoms with E-state index in [4.69, 9.17) is 4.74 Å². The molecule has 2 aliphatic heterocycles. The van der Waals surface area contributed by atoms with Crippen LogP contribution in [0.25, 0.3) is 0 Å². The average molecular weight is 507 g/mol. The maximum atomic E-state index is 12.6. The van der Waals surface area contributed by atoms with Gasteiger partial charge in [-0.3, -0.25) is 14.7 Å². The molecule has 1 saturated carbocycles. The van der Waals surface area contributed by atoms with Crippen LogP contribution in [0.5, 0.6) is 0 Å². The van der Waals surface area contributed by atoms with Crippen LogP contribution in [-0.2, 0) is 9.53 Å². The zero-order valence-electron chi connectivity index (χ0n) is 17.5. The van der Waals surface area contributed by atoms with Gasteiger partial charge in [0.05, 0.1) is 13.2 Å². The number of hydrogen-bond acceptors (Lipinski definition) is 4. The van der Waals surface area contributed by atoms with Gasteiger partial charge in [-0.1, -0.05) is 19.8 Å². The molecule has 2 unspecified atom stereocenters. The van der Waals surface area contributed by atoms with Gasteiger partial charge in [0.1, 0.15) is 0 Å². The second-order valence-corrected chi connectivity index (χ2v) is 8.37. The fourth-order valence-corrected chi connectivity index (χ4v) is 4.46. The van der Waals surface area contributed by atoms with Crippen molar-refractivity contribution in [1.29, 1.82) is 0 Å². The highest BCUT2D eigenvalue weighted by Gasteiger charge is 2.32. The molecule has 1 aliphatic carbocycles. The summed E-state index contributed by atoms with van der Waals surface area (Å²) in [5.74, 6) is 2.05. The lowest BCUT2D eigenvalue weighted by molar-refractivity contribution is -0.134. The Labute approximate surface area is 187 Å². The first-order valence-electron chi connectivity index (χ1n) is 10.7. The van der Waals surface area contributed by atoms with E-state index in [-0.39, 0.29) is 29.9 Å². The first-order chi connectivity index (χ1) is 13.2. The van der Waals surface area contributed by atoms with Crippen molar-refractivity contribution in [3.63, 3.8) is 0 Å². The normalized spacial score (nSPS) is 25.4. The summed E-state index contributed by atoms with van der Waals surface area (Å²) in [5.41, 5.74) is 0. The second kappa shape index (κ2) is 12.2. The van der Waals surface area contributed by atoms with Crippen LogP contribution in [0.15, 0.2) is 4.99 Å². The summed E-state index contributed by atoms with van der Waals surface area (Å²) in [7, 11) is 1.82. The number of likely N-dealkylation sites (tertiary alicyclic amines) is 1. The molecule has 3 fully saturated rings. The highest BCUT2D eigenvalue weighted by molar-refractivity contribution is 14.0. The molecule has 0 aromatic rings. The van der Waals surface area contributed by atoms with E-state index in [1.165, 1.54) is 12.8 Å². The number of carbonyl (C=O) groups is 1. The van der Waals surface area contributed by atoms with E-state index in [9.17, 15) is 4.79 Å². The smallest absolute Gasteiger partial charge is 0.225 e. The number of hydrogen-bond donors (Lipinski definition) is 2. The summed E-state index contributed by atoms with van der Waals surface area (Å²) in [6, 6.07) is 0.302. The van der Waals surface area contributed by atoms with Crippen LogP contribution in [0.2, 0.25) is 0 Å². The maximum absolute atomic E-state index is 12.6. The molecule has 2 saturated heterocycles. The third-order valence-corrected chi connectivity index (χ3v) is 6.06. The molecule has 28 heavy (non-hydrogen) atoms. The van der Waals surface area contributed by atoms with E-state index in [0.29, 0.717) is 17.9 Å². The SMILES string of the molecule is CN=C(NCC(C)CN1CCOCC1)NC1CCN(C(=O)C2CCCC2)C1.I. The molecule has 0 aromatic heterocycles. The van der Waals surface area contributed by atoms with Gasteiger partial charge in [-0.05, 0) is 25.2 Å². The van der Waals surface area contributed by atoms with Crippen LogP contribution >= 0.6 is 24.0 Å². The molecule has 162 valence electrons. The molecule has 0 aromatic carbocycles. The Morgan fingerprint density at radius 2 is 1.89 bits per heavy atom. The minimum Gasteiger partial charge on any atom is -0.379 e. The van der Waals surface area contributed by atoms with Crippen molar-refractivity contribution < 1.29 is 9.53 Å². The number of guanidine groups is 1. The van der Waals surface area contributed by atoms with Gasteiger partial charge in [0, 0.05) is 58.3 Å². The first-order valence-corrected chi connectivity index (χ1v) is 10.7. The molecule has 3 aliphatic rings. The van der Waals surface area contributed by atoms with E-state index in [1.54, 1.807) is 0 Å². The fraction of sp³-hybridized carbons (Fsp3) is 0.900. The third-order valence-electron chi connectivity index (χ3n) is 6.06. The van der Waals surface area contributed by atoms with Gasteiger partial charge in [-0.15, -0.1) is 24.0 Å². The van der Waals surface area contributed by atoms with Crippen LogP contribution in [0.1, 0.15) is 39.0 Å². The van der Waals surface area contributed by atoms with Crippen molar-refractivity contribution in [3.05, 3.63) is 0 Å². The first kappa shape index (κ1) is 23.7. The number of halogens is 1. The van der Waals surface area contributed by atoms with Gasteiger partial charge in [0.15, 0.2) is 5.96 Å². The van der Waals surface area contributed by atoms with Crippen LogP contribution in [0, 0.1) is 11.8 Å². The van der Waals surface area contributed by atoms with Gasteiger partial charge in [0.2, 0.25) is 5.91 Å². The summed E-state index contributed by atoms with van der Waals surface area (Å²) in [6.45, 7) is 9.69. The van der Waals surface area contributed by atoms with Gasteiger partial charge in [-0.25, -0.2) is 0 Å². The van der Waals surface area contributed by atoms with Crippen molar-refractivity contribution in [1.82, 2.24) is 20.4 Å². The van der Waals surface area contributed by atoms with Gasteiger partial charge in [-0.2, -0.15) is 0 Å². The number of ether oxygens (including phenoxy) is 1. The lowest BCUT2D eigenvalue weighted by Crippen LogP contribution is -2.47. The Hall–Kier alpha value is -0.610. The molecule has 3 rings (SSSR count). The number of nitrogens with one attached hydrogen (secondary N) is 2. The standard InChI is InChI=1S/C20H37N5O2.HI/c1-16(14-24-9-11-27-12-10-24)13-22-20(21-2)23-18-7-8-25(15-18)19(26)17-5-3-4-6-17;/h16-18H,3-15H2,1-2H3,(H2,21,22,23);1H. The van der Waals surface area contributed by atoms with Gasteiger partial charge < -0.3 is 20.3 Å². The molecular formula is C20H38IN5O2. The Morgan fingerprint density at radius 3 is 2.57 bits per heavy atom. The molecule has 0 radical (unpaired) electrons. The van der Waals surface area contributed by atoms with E-state index < -0.39 is 0 Å². The summed E-state index contributed by atoms with van der Waals surface area (Å²) >= 11 is 0. The molecule has 1 amide bonds. The summed E-state index contributed by atoms with van der Waals surface area (Å²) in [4.78, 5) is 21.5. The maximum Gasteiger partial charge on any atom is 0.225 e. The number of rotatable bonds is 6. The van der Waals surface area contributed by atoms with Gasteiger partial charge in [0.25, 0.3) is 0 Å². The predicted octanol–water partition coefficient (Wildman–Crippen LogP) is 1.53. The lowest BCUT2D eigenvalue weighted by atomic mass is 10.1. The minimum atomic E-state index is 0. The zero-order valence-corrected chi connectivity index (χ0v) is 19.8. The Kier molecular flexibility index (Phi) is 10.3. The highest BCUT2D eigenvalue weighted by Crippen LogP contribution is 2.27. The summed E-state index contributed by atoms with van der Waals surface area (Å²) in [6.07, 6.45) is 5.59. The lowest BCUT2D eigenvalue weighted by Gasteiger charge is -2.29. The average Bonchev–Trinajstić information content (AvgIpc) is 3.37. The highest BCUT2D eigenvalue weighted by atomic mass is 127. The minimum absolute atomic E-state index is 0. The molecule has 0 bridgehead atoms. The predicted molar refractivity (Wildman–Crippen MR) is 123 cm³/mol. The Morgan fingerprint density at radius 1 is 1.18 bits per heavy atom. The van der Waals surface area contributed by atoms with Crippen LogP contribution in [-0.4, -0.2) is 87.2 Å². The number of morpholine rings is 1. The van der Waals surface area contributed by atoms with E-state index in [1.807, 2.05) is 7.05 Å². The van der Waals surface area contributed by atoms with Crippen LogP contribution < -0.4 is 10.6 Å². The molecule has 8 heteroatoms. The third kappa shape index (κ3) is 7.02. The number of aliphatic imine (C=N–C) groups is 1. The Balaban J connectivity index is 0.00000280. The van der Waals surface area contributed by atoms with E-state index >= 15 is 0 Å². The molecular weight excluding hydrogens is 469 g/mol. The van der Waals surface area contributed by atoms with Crippen molar-refractivity contribution in [2.45, 2.75) is 45.1 Å². The topological polar surface area (TPSA) is 69.2 Å². The van der Waals surface area contributed by atoms with Crippen LogP contribution in [0.3, 0.4) is 0 Å². The summed E-state index contributed by atoms with van der Waals surface area (Å²) < 4.78 is 5.41. The largest absolute Gasteiger partial charge is 0.379 e. The molecule has 2 heterocycles. The Bertz CT molecular complexity index is 507. The van der Waals surface area contributed by atoms with Crippen molar-refractivity contribution in [2.24, 2.45) is 16.8 Å². The number of carbonyl (C=O) groups excluding carboxylic acids is 1. The molecule has 2 atom stereocenters. The molecule has 7 nitrogen and oxygen atoms in total. The molecule has 0 spiro atoms. The van der Waals surface area contributed by atoms with Crippen molar-refractivity contribution >= 4 is 35.8 Å². The number of nitrogens with zero attached hydrogens (tertiary/aromatic N) is 3. The van der Waals surface area contributed by atoms with Crippen molar-refractivity contribution in [2.75, 3.05) is 59.5 Å². The monoisotopic (exact) mass is 507 g/mol. The van der Waals surface area contributed by atoms with Crippen LogP contribution in [0.4, 0.5) is 0 Å². The zero-order chi connectivity index (χ0) is 19.1. The fourth-order valence-electron chi connectivity index (χ4n) is 4.46.